The van der Waals surface area contributed by atoms with Crippen molar-refractivity contribution in [3.63, 3.8) is 0 Å². The van der Waals surface area contributed by atoms with Crippen LogP contribution in [0.3, 0.4) is 0 Å². The minimum absolute atomic E-state index is 0.158. The van der Waals surface area contributed by atoms with E-state index in [4.69, 9.17) is 0 Å². The van der Waals surface area contributed by atoms with Crippen LogP contribution in [0.4, 0.5) is 74.6 Å². The van der Waals surface area contributed by atoms with Crippen molar-refractivity contribution in [1.29, 1.82) is 0 Å². The Bertz CT molecular complexity index is 1160. The fraction of sp³-hybridized carbons (Fsp3) is 0.684. The van der Waals surface area contributed by atoms with Gasteiger partial charge in [0.05, 0.1) is 0 Å². The number of sulfonamides is 1. The quantitative estimate of drug-likeness (QED) is 0.250. The van der Waals surface area contributed by atoms with Crippen molar-refractivity contribution in [1.82, 2.24) is 4.72 Å². The Hall–Kier alpha value is -2.06. The molecule has 1 N–H and O–H groups in total. The van der Waals surface area contributed by atoms with Gasteiger partial charge in [-0.2, -0.15) is 74.6 Å². The molecule has 1 aromatic rings. The molecular weight excluding hydrogens is 629 g/mol. The summed E-state index contributed by atoms with van der Waals surface area (Å²) in [5, 5.41) is -7.60. The van der Waals surface area contributed by atoms with E-state index in [1.54, 1.807) is 13.8 Å². The highest BCUT2D eigenvalue weighted by Crippen LogP contribution is 2.64. The summed E-state index contributed by atoms with van der Waals surface area (Å²) in [6, 6.07) is 2.46. The molecule has 1 aromatic carbocycles. The molecule has 21 heteroatoms. The molecule has 0 radical (unpaired) electrons. The Morgan fingerprint density at radius 1 is 0.525 bits per heavy atom. The third-order valence-corrected chi connectivity index (χ3v) is 7.06. The van der Waals surface area contributed by atoms with Gasteiger partial charge in [-0.15, -0.1) is 0 Å². The van der Waals surface area contributed by atoms with Crippen molar-refractivity contribution in [2.45, 2.75) is 79.7 Å². The lowest BCUT2D eigenvalue weighted by molar-refractivity contribution is -0.458. The van der Waals surface area contributed by atoms with E-state index in [2.05, 4.69) is 0 Å². The van der Waals surface area contributed by atoms with E-state index >= 15 is 0 Å². The van der Waals surface area contributed by atoms with Gasteiger partial charge in [0.15, 0.2) is 0 Å². The predicted octanol–water partition coefficient (Wildman–Crippen LogP) is 7.76. The van der Waals surface area contributed by atoms with Crippen molar-refractivity contribution in [3.8, 4) is 0 Å². The number of hydrogen-bond acceptors (Lipinski definition) is 2. The van der Waals surface area contributed by atoms with Crippen LogP contribution in [0, 0.1) is 0 Å². The summed E-state index contributed by atoms with van der Waals surface area (Å²) in [7, 11) is -7.37. The van der Waals surface area contributed by atoms with Crippen LogP contribution >= 0.6 is 0 Å². The standard InChI is InChI=1S/C19H16F17NO2S/c1-8(2)10-4-6-11(7-5-10)9(3)37-40(38,39)19(35,36)17(30,31)15(26,27)13(22,23)12(20,21)14(24,25)16(28,29)18(32,33)34/h4-9,37H,1-3H3. The summed E-state index contributed by atoms with van der Waals surface area (Å²) in [6.45, 7) is 3.93. The number of halogens is 17. The molecule has 0 heterocycles. The Balaban J connectivity index is 3.59. The van der Waals surface area contributed by atoms with Crippen molar-refractivity contribution >= 4 is 10.0 Å². The van der Waals surface area contributed by atoms with Gasteiger partial charge in [0.2, 0.25) is 0 Å². The monoisotopic (exact) mass is 645 g/mol. The summed E-state index contributed by atoms with van der Waals surface area (Å²) in [5.41, 5.74) is 0.205. The van der Waals surface area contributed by atoms with Crippen molar-refractivity contribution < 1.29 is 83.1 Å². The minimum atomic E-state index is -8.86. The number of nitrogens with one attached hydrogen (secondary N) is 1. The van der Waals surface area contributed by atoms with E-state index in [0.29, 0.717) is 17.2 Å². The molecule has 0 aliphatic carbocycles. The van der Waals surface area contributed by atoms with Gasteiger partial charge < -0.3 is 0 Å². The van der Waals surface area contributed by atoms with Gasteiger partial charge >= 0.3 is 47.0 Å². The van der Waals surface area contributed by atoms with Gasteiger partial charge in [-0.1, -0.05) is 38.1 Å². The Labute approximate surface area is 213 Å². The van der Waals surface area contributed by atoms with Gasteiger partial charge in [-0.05, 0) is 24.0 Å². The SMILES string of the molecule is CC(C)c1ccc(C(C)NS(=O)(=O)C(F)(F)C(F)(F)C(F)(F)C(F)(F)C(F)(F)C(F)(F)C(F)(F)C(F)(F)F)cc1. The molecule has 1 rings (SSSR count). The fourth-order valence-electron chi connectivity index (χ4n) is 2.86. The molecule has 0 saturated heterocycles. The summed E-state index contributed by atoms with van der Waals surface area (Å²) < 4.78 is 252. The topological polar surface area (TPSA) is 46.2 Å². The van der Waals surface area contributed by atoms with Crippen LogP contribution < -0.4 is 4.72 Å². The fourth-order valence-corrected chi connectivity index (χ4v) is 4.08. The molecule has 0 aromatic heterocycles. The molecule has 0 saturated carbocycles. The zero-order valence-corrected chi connectivity index (χ0v) is 20.4. The maximum Gasteiger partial charge on any atom is 0.460 e. The van der Waals surface area contributed by atoms with Gasteiger partial charge in [-0.3, -0.25) is 0 Å². The molecule has 0 spiro atoms. The van der Waals surface area contributed by atoms with Crippen molar-refractivity contribution in [2.75, 3.05) is 0 Å². The smallest absolute Gasteiger partial charge is 0.206 e. The van der Waals surface area contributed by atoms with Gasteiger partial charge in [-0.25, -0.2) is 13.1 Å². The second-order valence-electron chi connectivity index (χ2n) is 8.63. The van der Waals surface area contributed by atoms with Crippen LogP contribution in [0.1, 0.15) is 43.9 Å². The Morgan fingerprint density at radius 2 is 0.825 bits per heavy atom. The lowest BCUT2D eigenvalue weighted by atomic mass is 9.91. The minimum Gasteiger partial charge on any atom is -0.206 e. The van der Waals surface area contributed by atoms with E-state index in [0.717, 1.165) is 12.1 Å². The second kappa shape index (κ2) is 10.0. The summed E-state index contributed by atoms with van der Waals surface area (Å²) in [4.78, 5) is 0. The number of benzene rings is 1. The van der Waals surface area contributed by atoms with E-state index < -0.39 is 63.0 Å². The first-order valence-corrected chi connectivity index (χ1v) is 11.6. The van der Waals surface area contributed by atoms with Crippen molar-refractivity contribution in [2.24, 2.45) is 0 Å². The molecule has 3 nitrogen and oxygen atoms in total. The summed E-state index contributed by atoms with van der Waals surface area (Å²) >= 11 is 0. The molecule has 0 aliphatic rings. The molecule has 0 amide bonds. The molecular formula is C19H16F17NO2S. The van der Waals surface area contributed by atoms with E-state index in [9.17, 15) is 83.1 Å². The molecule has 40 heavy (non-hydrogen) atoms. The van der Waals surface area contributed by atoms with Gasteiger partial charge in [0.25, 0.3) is 10.0 Å². The first-order chi connectivity index (χ1) is 17.3. The highest BCUT2D eigenvalue weighted by atomic mass is 32.2. The number of rotatable bonds is 11. The highest BCUT2D eigenvalue weighted by Gasteiger charge is 2.96. The van der Waals surface area contributed by atoms with Crippen molar-refractivity contribution in [3.05, 3.63) is 35.4 Å². The van der Waals surface area contributed by atoms with E-state index in [-0.39, 0.29) is 11.5 Å². The maximum atomic E-state index is 14.2. The largest absolute Gasteiger partial charge is 0.460 e. The van der Waals surface area contributed by atoms with E-state index in [1.165, 1.54) is 12.1 Å². The lowest BCUT2D eigenvalue weighted by Gasteiger charge is -2.42. The second-order valence-corrected chi connectivity index (χ2v) is 10.4. The maximum absolute atomic E-state index is 14.2. The predicted molar refractivity (Wildman–Crippen MR) is 102 cm³/mol. The molecule has 0 fully saturated rings. The average molecular weight is 645 g/mol. The molecule has 1 unspecified atom stereocenters. The van der Waals surface area contributed by atoms with E-state index in [1.807, 2.05) is 0 Å². The Morgan fingerprint density at radius 3 is 1.15 bits per heavy atom. The van der Waals surface area contributed by atoms with Crippen LogP contribution in [0.2, 0.25) is 0 Å². The molecule has 0 aliphatic heterocycles. The van der Waals surface area contributed by atoms with Crippen LogP contribution in [-0.4, -0.2) is 55.4 Å². The third-order valence-electron chi connectivity index (χ3n) is 5.47. The van der Waals surface area contributed by atoms with Crippen LogP contribution in [0.15, 0.2) is 24.3 Å². The zero-order chi connectivity index (χ0) is 32.3. The highest BCUT2D eigenvalue weighted by molar-refractivity contribution is 7.90. The summed E-state index contributed by atoms with van der Waals surface area (Å²) in [5.74, 6) is -51.9. The molecule has 234 valence electrons. The zero-order valence-electron chi connectivity index (χ0n) is 19.6. The first kappa shape index (κ1) is 36.0. The number of alkyl halides is 17. The lowest BCUT2D eigenvalue weighted by Crippen LogP contribution is -2.75. The Kier molecular flexibility index (Phi) is 9.03. The molecule has 0 bridgehead atoms. The van der Waals surface area contributed by atoms with Gasteiger partial charge in [0, 0.05) is 6.04 Å². The number of hydrogen-bond donors (Lipinski definition) is 1. The average Bonchev–Trinajstić information content (AvgIpc) is 2.77. The summed E-state index contributed by atoms with van der Waals surface area (Å²) in [6.07, 6.45) is -7.88. The van der Waals surface area contributed by atoms with Crippen LogP contribution in [-0.2, 0) is 10.0 Å². The van der Waals surface area contributed by atoms with Gasteiger partial charge in [0.1, 0.15) is 0 Å². The normalized spacial score (nSPS) is 16.4. The third kappa shape index (κ3) is 5.08. The first-order valence-electron chi connectivity index (χ1n) is 10.1. The van der Waals surface area contributed by atoms with Crippen LogP contribution in [0.5, 0.6) is 0 Å². The molecule has 1 atom stereocenters. The van der Waals surface area contributed by atoms with Crippen LogP contribution in [0.25, 0.3) is 0 Å².